The monoisotopic (exact) mass is 201 g/mol. The van der Waals surface area contributed by atoms with Crippen LogP contribution in [0.25, 0.3) is 0 Å². The Morgan fingerprint density at radius 2 is 2.21 bits per heavy atom. The molecule has 0 aromatic carbocycles. The molecule has 0 spiro atoms. The Hall–Kier alpha value is -0.610. The smallest absolute Gasteiger partial charge is 0.332 e. The Bertz CT molecular complexity index is 190. The normalized spacial score (nSPS) is 18.7. The Morgan fingerprint density at radius 3 is 2.71 bits per heavy atom. The van der Waals surface area contributed by atoms with Gasteiger partial charge in [-0.05, 0) is 13.3 Å². The summed E-state index contributed by atoms with van der Waals surface area (Å²) in [6.45, 7) is 6.26. The number of esters is 1. The minimum atomic E-state index is -0.258. The lowest BCUT2D eigenvalue weighted by Gasteiger charge is -2.38. The van der Waals surface area contributed by atoms with E-state index in [1.54, 1.807) is 0 Å². The SMILES string of the molecule is CCCCOC(=O)COC1(C)CNC1. The fourth-order valence-electron chi connectivity index (χ4n) is 1.18. The van der Waals surface area contributed by atoms with E-state index in [-0.39, 0.29) is 18.2 Å². The molecule has 82 valence electrons. The van der Waals surface area contributed by atoms with E-state index in [2.05, 4.69) is 12.2 Å². The van der Waals surface area contributed by atoms with Gasteiger partial charge in [-0.2, -0.15) is 0 Å². The summed E-state index contributed by atoms with van der Waals surface area (Å²) < 4.78 is 10.4. The first-order valence-corrected chi connectivity index (χ1v) is 5.16. The summed E-state index contributed by atoms with van der Waals surface area (Å²) in [6, 6.07) is 0. The van der Waals surface area contributed by atoms with Crippen LogP contribution in [0.4, 0.5) is 0 Å². The fourth-order valence-corrected chi connectivity index (χ4v) is 1.18. The van der Waals surface area contributed by atoms with Crippen LogP contribution in [0.1, 0.15) is 26.7 Å². The number of carbonyl (C=O) groups is 1. The lowest BCUT2D eigenvalue weighted by molar-refractivity contribution is -0.158. The molecule has 0 bridgehead atoms. The van der Waals surface area contributed by atoms with E-state index >= 15 is 0 Å². The molecule has 0 atom stereocenters. The average molecular weight is 201 g/mol. The molecule has 1 aliphatic rings. The first kappa shape index (κ1) is 11.5. The van der Waals surface area contributed by atoms with Crippen molar-refractivity contribution in [3.05, 3.63) is 0 Å². The highest BCUT2D eigenvalue weighted by molar-refractivity contribution is 5.70. The second kappa shape index (κ2) is 5.32. The molecule has 14 heavy (non-hydrogen) atoms. The Labute approximate surface area is 85.0 Å². The van der Waals surface area contributed by atoms with Gasteiger partial charge in [-0.15, -0.1) is 0 Å². The van der Waals surface area contributed by atoms with Crippen LogP contribution in [-0.2, 0) is 14.3 Å². The van der Waals surface area contributed by atoms with E-state index < -0.39 is 0 Å². The van der Waals surface area contributed by atoms with Crippen molar-refractivity contribution in [1.29, 1.82) is 0 Å². The molecule has 1 fully saturated rings. The number of hydrogen-bond acceptors (Lipinski definition) is 4. The third kappa shape index (κ3) is 3.64. The molecule has 0 aromatic heterocycles. The van der Waals surface area contributed by atoms with Gasteiger partial charge in [0.25, 0.3) is 0 Å². The summed E-state index contributed by atoms with van der Waals surface area (Å²) in [5, 5.41) is 3.10. The molecule has 0 saturated carbocycles. The maximum atomic E-state index is 11.1. The van der Waals surface area contributed by atoms with Crippen molar-refractivity contribution >= 4 is 5.97 Å². The fraction of sp³-hybridized carbons (Fsp3) is 0.900. The predicted molar refractivity (Wildman–Crippen MR) is 53.1 cm³/mol. The molecule has 4 nitrogen and oxygen atoms in total. The maximum Gasteiger partial charge on any atom is 0.332 e. The Balaban J connectivity index is 2.03. The van der Waals surface area contributed by atoms with Gasteiger partial charge in [0.15, 0.2) is 0 Å². The zero-order chi connectivity index (χ0) is 10.4. The molecule has 0 amide bonds. The van der Waals surface area contributed by atoms with Crippen LogP contribution in [0.5, 0.6) is 0 Å². The predicted octanol–water partition coefficient (Wildman–Crippen LogP) is 0.708. The summed E-state index contributed by atoms with van der Waals surface area (Å²) >= 11 is 0. The summed E-state index contributed by atoms with van der Waals surface area (Å²) in [4.78, 5) is 11.1. The van der Waals surface area contributed by atoms with Crippen LogP contribution < -0.4 is 5.32 Å². The molecule has 1 rings (SSSR count). The number of hydrogen-bond donors (Lipinski definition) is 1. The van der Waals surface area contributed by atoms with Gasteiger partial charge in [-0.25, -0.2) is 4.79 Å². The number of unbranched alkanes of at least 4 members (excludes halogenated alkanes) is 1. The van der Waals surface area contributed by atoms with Gasteiger partial charge in [-0.3, -0.25) is 0 Å². The number of ether oxygens (including phenoxy) is 2. The number of nitrogens with one attached hydrogen (secondary N) is 1. The van der Waals surface area contributed by atoms with Crippen molar-refractivity contribution in [1.82, 2.24) is 5.32 Å². The molecule has 1 N–H and O–H groups in total. The third-order valence-corrected chi connectivity index (χ3v) is 2.30. The molecular formula is C10H19NO3. The van der Waals surface area contributed by atoms with E-state index in [4.69, 9.17) is 9.47 Å². The molecule has 1 heterocycles. The summed E-state index contributed by atoms with van der Waals surface area (Å²) in [5.41, 5.74) is -0.163. The van der Waals surface area contributed by atoms with Crippen LogP contribution >= 0.6 is 0 Å². The molecule has 4 heteroatoms. The van der Waals surface area contributed by atoms with Crippen LogP contribution in [0.2, 0.25) is 0 Å². The minimum Gasteiger partial charge on any atom is -0.464 e. The van der Waals surface area contributed by atoms with Crippen molar-refractivity contribution < 1.29 is 14.3 Å². The molecular weight excluding hydrogens is 182 g/mol. The van der Waals surface area contributed by atoms with Gasteiger partial charge in [0.1, 0.15) is 6.61 Å². The first-order valence-electron chi connectivity index (χ1n) is 5.16. The molecule has 1 aliphatic heterocycles. The van der Waals surface area contributed by atoms with Crippen LogP contribution in [0.15, 0.2) is 0 Å². The summed E-state index contributed by atoms with van der Waals surface area (Å²) in [5.74, 6) is -0.258. The maximum absolute atomic E-state index is 11.1. The van der Waals surface area contributed by atoms with Crippen LogP contribution in [0, 0.1) is 0 Å². The van der Waals surface area contributed by atoms with Crippen molar-refractivity contribution in [2.45, 2.75) is 32.3 Å². The Kier molecular flexibility index (Phi) is 4.35. The van der Waals surface area contributed by atoms with Gasteiger partial charge >= 0.3 is 5.97 Å². The van der Waals surface area contributed by atoms with Gasteiger partial charge in [0.2, 0.25) is 0 Å². The lowest BCUT2D eigenvalue weighted by atomic mass is 10.0. The van der Waals surface area contributed by atoms with Gasteiger partial charge in [-0.1, -0.05) is 13.3 Å². The highest BCUT2D eigenvalue weighted by Crippen LogP contribution is 2.14. The zero-order valence-corrected chi connectivity index (χ0v) is 8.97. The van der Waals surface area contributed by atoms with Crippen molar-refractivity contribution in [2.75, 3.05) is 26.3 Å². The largest absolute Gasteiger partial charge is 0.464 e. The minimum absolute atomic E-state index is 0.0713. The topological polar surface area (TPSA) is 47.6 Å². The highest BCUT2D eigenvalue weighted by Gasteiger charge is 2.33. The second-order valence-electron chi connectivity index (χ2n) is 3.92. The van der Waals surface area contributed by atoms with Crippen LogP contribution in [-0.4, -0.2) is 37.9 Å². The van der Waals surface area contributed by atoms with E-state index in [9.17, 15) is 4.79 Å². The average Bonchev–Trinajstić information content (AvgIpc) is 2.12. The standard InChI is InChI=1S/C10H19NO3/c1-3-4-5-13-9(12)6-14-10(2)7-11-8-10/h11H,3-8H2,1-2H3. The summed E-state index contributed by atoms with van der Waals surface area (Å²) in [7, 11) is 0. The van der Waals surface area contributed by atoms with E-state index in [1.807, 2.05) is 6.92 Å². The van der Waals surface area contributed by atoms with Crippen molar-refractivity contribution in [3.8, 4) is 0 Å². The van der Waals surface area contributed by atoms with Gasteiger partial charge in [0.05, 0.1) is 12.2 Å². The zero-order valence-electron chi connectivity index (χ0n) is 8.97. The highest BCUT2D eigenvalue weighted by atomic mass is 16.6. The van der Waals surface area contributed by atoms with Crippen LogP contribution in [0.3, 0.4) is 0 Å². The molecule has 0 aromatic rings. The number of carbonyl (C=O) groups excluding carboxylic acids is 1. The van der Waals surface area contributed by atoms with E-state index in [0.29, 0.717) is 6.61 Å². The van der Waals surface area contributed by atoms with E-state index in [1.165, 1.54) is 0 Å². The third-order valence-electron chi connectivity index (χ3n) is 2.30. The van der Waals surface area contributed by atoms with Crippen molar-refractivity contribution in [2.24, 2.45) is 0 Å². The second-order valence-corrected chi connectivity index (χ2v) is 3.92. The molecule has 1 saturated heterocycles. The van der Waals surface area contributed by atoms with Gasteiger partial charge in [0, 0.05) is 13.1 Å². The van der Waals surface area contributed by atoms with Crippen molar-refractivity contribution in [3.63, 3.8) is 0 Å². The molecule has 0 radical (unpaired) electrons. The summed E-state index contributed by atoms with van der Waals surface area (Å²) in [6.07, 6.45) is 1.96. The Morgan fingerprint density at radius 1 is 1.50 bits per heavy atom. The molecule has 0 aliphatic carbocycles. The first-order chi connectivity index (χ1) is 6.66. The van der Waals surface area contributed by atoms with E-state index in [0.717, 1.165) is 25.9 Å². The quantitative estimate of drug-likeness (QED) is 0.508. The molecule has 0 unspecified atom stereocenters. The number of rotatable bonds is 6. The lowest BCUT2D eigenvalue weighted by Crippen LogP contribution is -2.59. The van der Waals surface area contributed by atoms with Gasteiger partial charge < -0.3 is 14.8 Å².